The zero-order chi connectivity index (χ0) is 12.9. The standard InChI is InChI=1S/C14H13N3OS/c1-2-13(18-7-1)10-19-9-12-3-4-14(16-8-12)17-6-5-15-11-17/h1-8,11H,9-10H2. The lowest BCUT2D eigenvalue weighted by molar-refractivity contribution is 0.530. The van der Waals surface area contributed by atoms with Crippen molar-refractivity contribution in [2.45, 2.75) is 11.5 Å². The minimum absolute atomic E-state index is 0.885. The number of thioether (sulfide) groups is 1. The van der Waals surface area contributed by atoms with E-state index in [1.54, 1.807) is 18.8 Å². The van der Waals surface area contributed by atoms with Gasteiger partial charge in [-0.15, -0.1) is 11.8 Å². The number of furan rings is 1. The van der Waals surface area contributed by atoms with Crippen LogP contribution in [0.1, 0.15) is 11.3 Å². The Morgan fingerprint density at radius 2 is 2.21 bits per heavy atom. The zero-order valence-corrected chi connectivity index (χ0v) is 11.1. The van der Waals surface area contributed by atoms with Crippen molar-refractivity contribution in [3.05, 3.63) is 66.8 Å². The van der Waals surface area contributed by atoms with Gasteiger partial charge in [-0.3, -0.25) is 4.57 Å². The van der Waals surface area contributed by atoms with Crippen LogP contribution in [0.2, 0.25) is 0 Å². The summed E-state index contributed by atoms with van der Waals surface area (Å²) in [5, 5.41) is 0. The smallest absolute Gasteiger partial charge is 0.137 e. The van der Waals surface area contributed by atoms with Gasteiger partial charge in [0, 0.05) is 24.3 Å². The molecule has 0 aliphatic heterocycles. The van der Waals surface area contributed by atoms with Gasteiger partial charge in [0.05, 0.1) is 12.0 Å². The minimum atomic E-state index is 0.885. The fraction of sp³-hybridized carbons (Fsp3) is 0.143. The molecule has 3 rings (SSSR count). The van der Waals surface area contributed by atoms with Crippen LogP contribution in [-0.2, 0) is 11.5 Å². The molecule has 0 atom stereocenters. The molecule has 5 heteroatoms. The van der Waals surface area contributed by atoms with Gasteiger partial charge in [0.1, 0.15) is 17.9 Å². The highest BCUT2D eigenvalue weighted by molar-refractivity contribution is 7.97. The highest BCUT2D eigenvalue weighted by Crippen LogP contribution is 2.18. The fourth-order valence-electron chi connectivity index (χ4n) is 1.71. The molecule has 3 heterocycles. The third-order valence-electron chi connectivity index (χ3n) is 2.67. The van der Waals surface area contributed by atoms with Crippen LogP contribution in [0.4, 0.5) is 0 Å². The second-order valence-electron chi connectivity index (χ2n) is 4.07. The summed E-state index contributed by atoms with van der Waals surface area (Å²) in [5.41, 5.74) is 1.21. The number of hydrogen-bond donors (Lipinski definition) is 0. The molecule has 0 spiro atoms. The number of pyridine rings is 1. The van der Waals surface area contributed by atoms with Gasteiger partial charge in [-0.05, 0) is 23.8 Å². The van der Waals surface area contributed by atoms with Gasteiger partial charge in [0.25, 0.3) is 0 Å². The topological polar surface area (TPSA) is 43.9 Å². The van der Waals surface area contributed by atoms with E-state index in [1.807, 2.05) is 46.9 Å². The number of nitrogens with zero attached hydrogens (tertiary/aromatic N) is 3. The average Bonchev–Trinajstić information content (AvgIpc) is 3.13. The Balaban J connectivity index is 1.57. The molecule has 96 valence electrons. The second kappa shape index (κ2) is 5.75. The number of imidazole rings is 1. The fourth-order valence-corrected chi connectivity index (χ4v) is 2.59. The van der Waals surface area contributed by atoms with Gasteiger partial charge in [-0.2, -0.15) is 0 Å². The van der Waals surface area contributed by atoms with Gasteiger partial charge in [0.2, 0.25) is 0 Å². The molecule has 0 fully saturated rings. The maximum atomic E-state index is 5.29. The van der Waals surface area contributed by atoms with Crippen LogP contribution < -0.4 is 0 Å². The van der Waals surface area contributed by atoms with E-state index in [0.29, 0.717) is 0 Å². The summed E-state index contributed by atoms with van der Waals surface area (Å²) >= 11 is 1.81. The lowest BCUT2D eigenvalue weighted by Gasteiger charge is -2.03. The Labute approximate surface area is 115 Å². The molecule has 4 nitrogen and oxygen atoms in total. The van der Waals surface area contributed by atoms with Crippen molar-refractivity contribution in [1.82, 2.24) is 14.5 Å². The Hall–Kier alpha value is -2.01. The molecule has 0 aliphatic carbocycles. The second-order valence-corrected chi connectivity index (χ2v) is 5.05. The molecule has 19 heavy (non-hydrogen) atoms. The Morgan fingerprint density at radius 3 is 2.89 bits per heavy atom. The minimum Gasteiger partial charge on any atom is -0.468 e. The van der Waals surface area contributed by atoms with E-state index < -0.39 is 0 Å². The van der Waals surface area contributed by atoms with E-state index >= 15 is 0 Å². The maximum absolute atomic E-state index is 5.29. The summed E-state index contributed by atoms with van der Waals surface area (Å²) in [6.45, 7) is 0. The van der Waals surface area contributed by atoms with Crippen molar-refractivity contribution in [1.29, 1.82) is 0 Å². The molecule has 0 saturated heterocycles. The predicted octanol–water partition coefficient (Wildman–Crippen LogP) is 3.29. The largest absolute Gasteiger partial charge is 0.468 e. The van der Waals surface area contributed by atoms with E-state index in [0.717, 1.165) is 23.1 Å². The van der Waals surface area contributed by atoms with Gasteiger partial charge < -0.3 is 4.42 Å². The Kier molecular flexibility index (Phi) is 3.65. The normalized spacial score (nSPS) is 10.7. The zero-order valence-electron chi connectivity index (χ0n) is 10.3. The third-order valence-corrected chi connectivity index (χ3v) is 3.70. The van der Waals surface area contributed by atoms with Gasteiger partial charge >= 0.3 is 0 Å². The Bertz CT molecular complexity index is 603. The number of rotatable bonds is 5. The molecule has 0 amide bonds. The highest BCUT2D eigenvalue weighted by Gasteiger charge is 2.00. The molecule has 3 aromatic rings. The molecular formula is C14H13N3OS. The summed E-state index contributed by atoms with van der Waals surface area (Å²) in [6.07, 6.45) is 8.98. The van der Waals surface area contributed by atoms with E-state index in [2.05, 4.69) is 16.0 Å². The molecule has 0 N–H and O–H groups in total. The molecule has 0 aliphatic rings. The summed E-state index contributed by atoms with van der Waals surface area (Å²) < 4.78 is 7.18. The lowest BCUT2D eigenvalue weighted by atomic mass is 10.3. The van der Waals surface area contributed by atoms with E-state index in [9.17, 15) is 0 Å². The first-order chi connectivity index (χ1) is 9.42. The first-order valence-corrected chi connectivity index (χ1v) is 7.11. The Morgan fingerprint density at radius 1 is 1.21 bits per heavy atom. The highest BCUT2D eigenvalue weighted by atomic mass is 32.2. The van der Waals surface area contributed by atoms with E-state index in [-0.39, 0.29) is 0 Å². The maximum Gasteiger partial charge on any atom is 0.137 e. The number of aromatic nitrogens is 3. The average molecular weight is 271 g/mol. The third kappa shape index (κ3) is 3.06. The summed E-state index contributed by atoms with van der Waals surface area (Å²) in [7, 11) is 0. The molecular weight excluding hydrogens is 258 g/mol. The first-order valence-electron chi connectivity index (χ1n) is 5.95. The molecule has 3 aromatic heterocycles. The van der Waals surface area contributed by atoms with Gasteiger partial charge in [-0.25, -0.2) is 9.97 Å². The van der Waals surface area contributed by atoms with Crippen LogP contribution in [0.3, 0.4) is 0 Å². The van der Waals surface area contributed by atoms with Gasteiger partial charge in [-0.1, -0.05) is 6.07 Å². The van der Waals surface area contributed by atoms with Crippen LogP contribution in [0.5, 0.6) is 0 Å². The van der Waals surface area contributed by atoms with Crippen LogP contribution >= 0.6 is 11.8 Å². The van der Waals surface area contributed by atoms with Crippen molar-refractivity contribution in [3.63, 3.8) is 0 Å². The SMILES string of the molecule is c1coc(CSCc2ccc(-n3ccnc3)nc2)c1. The van der Waals surface area contributed by atoms with Crippen molar-refractivity contribution in [3.8, 4) is 5.82 Å². The van der Waals surface area contributed by atoms with Crippen LogP contribution in [-0.4, -0.2) is 14.5 Å². The number of hydrogen-bond acceptors (Lipinski definition) is 4. The molecule has 0 bridgehead atoms. The van der Waals surface area contributed by atoms with Crippen LogP contribution in [0.25, 0.3) is 5.82 Å². The first kappa shape index (κ1) is 12.0. The summed E-state index contributed by atoms with van der Waals surface area (Å²) in [6, 6.07) is 8.01. The van der Waals surface area contributed by atoms with Crippen molar-refractivity contribution >= 4 is 11.8 Å². The quantitative estimate of drug-likeness (QED) is 0.714. The summed E-state index contributed by atoms with van der Waals surface area (Å²) in [5.74, 6) is 3.71. The monoisotopic (exact) mass is 271 g/mol. The van der Waals surface area contributed by atoms with Crippen molar-refractivity contribution < 1.29 is 4.42 Å². The molecule has 0 aromatic carbocycles. The van der Waals surface area contributed by atoms with Crippen LogP contribution in [0, 0.1) is 0 Å². The van der Waals surface area contributed by atoms with E-state index in [4.69, 9.17) is 4.42 Å². The molecule has 0 radical (unpaired) electrons. The molecule has 0 saturated carbocycles. The lowest BCUT2D eigenvalue weighted by Crippen LogP contribution is -1.94. The van der Waals surface area contributed by atoms with Crippen LogP contribution in [0.15, 0.2) is 59.9 Å². The predicted molar refractivity (Wildman–Crippen MR) is 75.1 cm³/mol. The van der Waals surface area contributed by atoms with Crippen molar-refractivity contribution in [2.75, 3.05) is 0 Å². The summed E-state index contributed by atoms with van der Waals surface area (Å²) in [4.78, 5) is 8.43. The molecule has 0 unspecified atom stereocenters. The van der Waals surface area contributed by atoms with Crippen molar-refractivity contribution in [2.24, 2.45) is 0 Å². The van der Waals surface area contributed by atoms with Gasteiger partial charge in [0.15, 0.2) is 0 Å². The van der Waals surface area contributed by atoms with E-state index in [1.165, 1.54) is 5.56 Å².